The first-order valence-electron chi connectivity index (χ1n) is 8.83. The highest BCUT2D eigenvalue weighted by molar-refractivity contribution is 7.08. The van der Waals surface area contributed by atoms with Crippen LogP contribution in [0.2, 0.25) is 0 Å². The van der Waals surface area contributed by atoms with Crippen LogP contribution in [0.1, 0.15) is 39.1 Å². The van der Waals surface area contributed by atoms with Gasteiger partial charge in [0.25, 0.3) is 11.8 Å². The van der Waals surface area contributed by atoms with E-state index in [2.05, 4.69) is 4.98 Å². The average molecular weight is 399 g/mol. The van der Waals surface area contributed by atoms with E-state index in [1.165, 1.54) is 40.8 Å². The fraction of sp³-hybridized carbons (Fsp3) is 0.316. The standard InChI is InChI=1S/C19H17N3O5S/c23-16-2-1-15(22-9-13-10-28-11-14(13)17(22)24)18(25)21(16)7-8-27-19(26)12-3-5-20-6-4-12/h3-6,10-11,15H,1-2,7-9H2. The van der Waals surface area contributed by atoms with Gasteiger partial charge in [-0.15, -0.1) is 0 Å². The zero-order valence-electron chi connectivity index (χ0n) is 14.9. The summed E-state index contributed by atoms with van der Waals surface area (Å²) in [6, 6.07) is 2.37. The van der Waals surface area contributed by atoms with Gasteiger partial charge in [-0.3, -0.25) is 24.3 Å². The van der Waals surface area contributed by atoms with Crippen molar-refractivity contribution >= 4 is 35.0 Å². The smallest absolute Gasteiger partial charge is 0.338 e. The largest absolute Gasteiger partial charge is 0.460 e. The van der Waals surface area contributed by atoms with Crippen LogP contribution < -0.4 is 0 Å². The molecule has 8 nitrogen and oxygen atoms in total. The van der Waals surface area contributed by atoms with Crippen molar-refractivity contribution in [2.75, 3.05) is 13.2 Å². The minimum Gasteiger partial charge on any atom is -0.460 e. The molecule has 0 spiro atoms. The van der Waals surface area contributed by atoms with Crippen molar-refractivity contribution < 1.29 is 23.9 Å². The Hall–Kier alpha value is -3.07. The Bertz CT molecular complexity index is 942. The Kier molecular flexibility index (Phi) is 4.91. The quantitative estimate of drug-likeness (QED) is 0.558. The summed E-state index contributed by atoms with van der Waals surface area (Å²) in [7, 11) is 0. The van der Waals surface area contributed by atoms with Crippen LogP contribution in [-0.2, 0) is 20.9 Å². The molecule has 1 unspecified atom stereocenters. The number of ether oxygens (including phenoxy) is 1. The predicted octanol–water partition coefficient (Wildman–Crippen LogP) is 1.47. The number of nitrogens with zero attached hydrogens (tertiary/aromatic N) is 3. The molecule has 1 atom stereocenters. The van der Waals surface area contributed by atoms with Gasteiger partial charge in [0.2, 0.25) is 5.91 Å². The molecule has 0 bridgehead atoms. The van der Waals surface area contributed by atoms with Crippen molar-refractivity contribution in [2.45, 2.75) is 25.4 Å². The zero-order chi connectivity index (χ0) is 19.7. The number of piperidine rings is 1. The molecule has 2 aromatic heterocycles. The molecule has 144 valence electrons. The first-order valence-corrected chi connectivity index (χ1v) is 9.78. The van der Waals surface area contributed by atoms with Gasteiger partial charge < -0.3 is 9.64 Å². The molecule has 2 aliphatic heterocycles. The summed E-state index contributed by atoms with van der Waals surface area (Å²) in [5, 5.41) is 3.69. The van der Waals surface area contributed by atoms with Gasteiger partial charge in [0.1, 0.15) is 12.6 Å². The van der Waals surface area contributed by atoms with Gasteiger partial charge in [0, 0.05) is 30.7 Å². The monoisotopic (exact) mass is 399 g/mol. The Morgan fingerprint density at radius 2 is 2.00 bits per heavy atom. The highest BCUT2D eigenvalue weighted by Gasteiger charge is 2.42. The summed E-state index contributed by atoms with van der Waals surface area (Å²) in [5.41, 5.74) is 1.89. The van der Waals surface area contributed by atoms with E-state index in [0.717, 1.165) is 10.5 Å². The van der Waals surface area contributed by atoms with Crippen LogP contribution in [-0.4, -0.2) is 57.7 Å². The summed E-state index contributed by atoms with van der Waals surface area (Å²) in [4.78, 5) is 56.0. The zero-order valence-corrected chi connectivity index (χ0v) is 15.7. The molecule has 9 heteroatoms. The topological polar surface area (TPSA) is 96.9 Å². The molecule has 0 N–H and O–H groups in total. The van der Waals surface area contributed by atoms with Crippen LogP contribution in [0.5, 0.6) is 0 Å². The van der Waals surface area contributed by atoms with Gasteiger partial charge in [-0.05, 0) is 29.5 Å². The lowest BCUT2D eigenvalue weighted by Crippen LogP contribution is -2.55. The first kappa shape index (κ1) is 18.3. The highest BCUT2D eigenvalue weighted by atomic mass is 32.1. The Morgan fingerprint density at radius 1 is 1.21 bits per heavy atom. The van der Waals surface area contributed by atoms with Crippen molar-refractivity contribution in [3.05, 3.63) is 52.0 Å². The van der Waals surface area contributed by atoms with Gasteiger partial charge in [-0.25, -0.2) is 4.79 Å². The maximum atomic E-state index is 12.9. The van der Waals surface area contributed by atoms with E-state index in [0.29, 0.717) is 24.1 Å². The fourth-order valence-corrected chi connectivity index (χ4v) is 4.26. The molecule has 3 amide bonds. The third-order valence-electron chi connectivity index (χ3n) is 4.90. The molecule has 0 radical (unpaired) electrons. The maximum absolute atomic E-state index is 12.9. The summed E-state index contributed by atoms with van der Waals surface area (Å²) < 4.78 is 5.16. The van der Waals surface area contributed by atoms with E-state index in [1.807, 2.05) is 5.38 Å². The number of hydrogen-bond acceptors (Lipinski definition) is 7. The van der Waals surface area contributed by atoms with E-state index in [-0.39, 0.29) is 31.4 Å². The second kappa shape index (κ2) is 7.51. The third kappa shape index (κ3) is 3.29. The van der Waals surface area contributed by atoms with Gasteiger partial charge >= 0.3 is 5.97 Å². The highest BCUT2D eigenvalue weighted by Crippen LogP contribution is 2.31. The van der Waals surface area contributed by atoms with Crippen LogP contribution >= 0.6 is 11.3 Å². The number of fused-ring (bicyclic) bond motifs is 1. The number of amides is 3. The molecule has 1 fully saturated rings. The number of aromatic nitrogens is 1. The number of hydrogen-bond donors (Lipinski definition) is 0. The van der Waals surface area contributed by atoms with Crippen LogP contribution in [0.15, 0.2) is 35.3 Å². The fourth-order valence-electron chi connectivity index (χ4n) is 3.44. The number of rotatable bonds is 5. The number of thiophene rings is 1. The van der Waals surface area contributed by atoms with Crippen LogP contribution in [0.3, 0.4) is 0 Å². The van der Waals surface area contributed by atoms with Crippen LogP contribution in [0, 0.1) is 0 Å². The van der Waals surface area contributed by atoms with Crippen molar-refractivity contribution in [1.82, 2.24) is 14.8 Å². The molecule has 4 heterocycles. The number of likely N-dealkylation sites (tertiary alicyclic amines) is 1. The minimum absolute atomic E-state index is 0.0335. The normalized spacial score (nSPS) is 19.1. The van der Waals surface area contributed by atoms with E-state index < -0.39 is 17.9 Å². The molecule has 2 aliphatic rings. The van der Waals surface area contributed by atoms with Crippen molar-refractivity contribution in [3.63, 3.8) is 0 Å². The van der Waals surface area contributed by atoms with E-state index in [9.17, 15) is 19.2 Å². The lowest BCUT2D eigenvalue weighted by molar-refractivity contribution is -0.152. The second-order valence-corrected chi connectivity index (χ2v) is 7.30. The van der Waals surface area contributed by atoms with Gasteiger partial charge in [-0.2, -0.15) is 11.3 Å². The average Bonchev–Trinajstić information content (AvgIpc) is 3.28. The van der Waals surface area contributed by atoms with E-state index in [1.54, 1.807) is 5.38 Å². The molecule has 28 heavy (non-hydrogen) atoms. The summed E-state index contributed by atoms with van der Waals surface area (Å²) in [5.74, 6) is -1.46. The number of imide groups is 1. The molecule has 0 saturated carbocycles. The van der Waals surface area contributed by atoms with Gasteiger partial charge in [0.15, 0.2) is 0 Å². The number of esters is 1. The van der Waals surface area contributed by atoms with Crippen LogP contribution in [0.4, 0.5) is 0 Å². The Labute approximate surface area is 164 Å². The summed E-state index contributed by atoms with van der Waals surface area (Å²) in [6.07, 6.45) is 3.44. The van der Waals surface area contributed by atoms with Crippen molar-refractivity contribution in [3.8, 4) is 0 Å². The predicted molar refractivity (Wildman–Crippen MR) is 98.5 cm³/mol. The molecular weight excluding hydrogens is 382 g/mol. The molecule has 4 rings (SSSR count). The molecule has 1 saturated heterocycles. The molecule has 0 aromatic carbocycles. The van der Waals surface area contributed by atoms with Crippen molar-refractivity contribution in [1.29, 1.82) is 0 Å². The van der Waals surface area contributed by atoms with Crippen molar-refractivity contribution in [2.24, 2.45) is 0 Å². The molecule has 0 aliphatic carbocycles. The summed E-state index contributed by atoms with van der Waals surface area (Å²) >= 11 is 1.46. The first-order chi connectivity index (χ1) is 13.6. The lowest BCUT2D eigenvalue weighted by atomic mass is 10.0. The van der Waals surface area contributed by atoms with E-state index in [4.69, 9.17) is 4.74 Å². The van der Waals surface area contributed by atoms with E-state index >= 15 is 0 Å². The van der Waals surface area contributed by atoms with Gasteiger partial charge in [0.05, 0.1) is 17.7 Å². The third-order valence-corrected chi connectivity index (χ3v) is 5.69. The SMILES string of the molecule is O=C(OCCN1C(=O)CCC(N2Cc3cscc3C2=O)C1=O)c1ccncc1. The maximum Gasteiger partial charge on any atom is 0.338 e. The second-order valence-electron chi connectivity index (χ2n) is 6.55. The Balaban J connectivity index is 1.38. The number of carbonyl (C=O) groups excluding carboxylic acids is 4. The number of carbonyl (C=O) groups is 4. The lowest BCUT2D eigenvalue weighted by Gasteiger charge is -2.35. The van der Waals surface area contributed by atoms with Gasteiger partial charge in [-0.1, -0.05) is 0 Å². The molecular formula is C19H17N3O5S. The molecule has 2 aromatic rings. The minimum atomic E-state index is -0.668. The number of pyridine rings is 1. The summed E-state index contributed by atoms with van der Waals surface area (Å²) in [6.45, 7) is 0.244. The Morgan fingerprint density at radius 3 is 2.75 bits per heavy atom. The van der Waals surface area contributed by atoms with Crippen LogP contribution in [0.25, 0.3) is 0 Å².